The summed E-state index contributed by atoms with van der Waals surface area (Å²) in [4.78, 5) is 2.37. The van der Waals surface area contributed by atoms with Gasteiger partial charge in [0.2, 0.25) is 0 Å². The molecule has 1 rings (SSSR count). The minimum absolute atomic E-state index is 1.47. The lowest BCUT2D eigenvalue weighted by Gasteiger charge is -2.03. The summed E-state index contributed by atoms with van der Waals surface area (Å²) in [6.07, 6.45) is -6.18. The monoisotopic (exact) mass is 154 g/mol. The number of halogens is 4. The van der Waals surface area contributed by atoms with Crippen LogP contribution in [0, 0.1) is 6.08 Å². The van der Waals surface area contributed by atoms with Crippen LogP contribution in [0.4, 0.5) is 17.6 Å². The van der Waals surface area contributed by atoms with E-state index in [9.17, 15) is 17.6 Å². The number of rotatable bonds is 0. The summed E-state index contributed by atoms with van der Waals surface area (Å²) >= 11 is 0. The van der Waals surface area contributed by atoms with Gasteiger partial charge in [0.25, 0.3) is 0 Å². The third-order valence-electron chi connectivity index (χ3n) is 0.679. The Bertz CT molecular complexity index is 226. The molecule has 0 aliphatic carbocycles. The van der Waals surface area contributed by atoms with Gasteiger partial charge in [-0.2, -0.15) is 17.6 Å². The topological polar surface area (TPSA) is 39.9 Å². The third kappa shape index (κ3) is 1.23. The van der Waals surface area contributed by atoms with Crippen molar-refractivity contribution in [1.82, 2.24) is 15.2 Å². The molecule has 0 aliphatic heterocycles. The zero-order valence-electron chi connectivity index (χ0n) is 4.35. The highest BCUT2D eigenvalue weighted by Crippen LogP contribution is 2.24. The molecule has 1 aromatic rings. The van der Waals surface area contributed by atoms with Gasteiger partial charge in [0, 0.05) is 0 Å². The van der Waals surface area contributed by atoms with Gasteiger partial charge < -0.3 is 15.2 Å². The predicted octanol–water partition coefficient (Wildman–Crippen LogP) is 0.592. The molecule has 0 saturated carbocycles. The summed E-state index contributed by atoms with van der Waals surface area (Å²) in [5.41, 5.74) is 0. The fourth-order valence-corrected chi connectivity index (χ4v) is 0.341. The number of hydrogen-bond acceptors (Lipinski definition) is 2. The van der Waals surface area contributed by atoms with E-state index in [0.29, 0.717) is 0 Å². The van der Waals surface area contributed by atoms with Crippen molar-refractivity contribution in [1.29, 1.82) is 0 Å². The second kappa shape index (κ2) is 1.93. The van der Waals surface area contributed by atoms with Gasteiger partial charge >= 0.3 is 6.18 Å². The van der Waals surface area contributed by atoms with Gasteiger partial charge in [0.05, 0.1) is 5.82 Å². The maximum absolute atomic E-state index is 11.7. The fourth-order valence-electron chi connectivity index (χ4n) is 0.341. The fraction of sp³-hybridized carbons (Fsp3) is 0.333. The first-order valence-corrected chi connectivity index (χ1v) is 2.10. The third-order valence-corrected chi connectivity index (χ3v) is 0.679. The van der Waals surface area contributed by atoms with Crippen molar-refractivity contribution in [3.63, 3.8) is 0 Å². The number of nitrogens with zero attached hydrogens (tertiary/aromatic N) is 3. The molecule has 0 N–H and O–H groups in total. The maximum atomic E-state index is 11.7. The molecule has 10 heavy (non-hydrogen) atoms. The van der Waals surface area contributed by atoms with E-state index in [1.807, 2.05) is 0 Å². The van der Waals surface area contributed by atoms with E-state index in [-0.39, 0.29) is 0 Å². The van der Waals surface area contributed by atoms with Crippen LogP contribution in [-0.2, 0) is 6.18 Å². The average Bonchev–Trinajstić information content (AvgIpc) is 2.11. The maximum Gasteiger partial charge on any atom is 0.421 e. The highest BCUT2D eigenvalue weighted by Gasteiger charge is 2.29. The van der Waals surface area contributed by atoms with E-state index in [1.54, 1.807) is 0 Å². The first-order valence-electron chi connectivity index (χ1n) is 2.10. The Balaban J connectivity index is 2.96. The first kappa shape index (κ1) is 6.97. The van der Waals surface area contributed by atoms with Crippen LogP contribution in [0.2, 0.25) is 0 Å². The zero-order valence-corrected chi connectivity index (χ0v) is 4.35. The molecule has 0 aliphatic rings. The molecule has 0 atom stereocenters. The molecular weight excluding hydrogens is 154 g/mol. The van der Waals surface area contributed by atoms with Crippen LogP contribution in [0.25, 0.3) is 0 Å². The van der Waals surface area contributed by atoms with Gasteiger partial charge in [-0.3, -0.25) is 0 Å². The molecule has 0 amide bonds. The van der Waals surface area contributed by atoms with Crippen LogP contribution in [0.3, 0.4) is 0 Å². The molecule has 56 valence electrons. The molecule has 1 aromatic heterocycles. The molecule has 0 unspecified atom stereocenters. The summed E-state index contributed by atoms with van der Waals surface area (Å²) in [6, 6.07) is 0. The SMILES string of the molecule is Fc1nnc(C(F)(F)F)[n-]1. The van der Waals surface area contributed by atoms with Crippen LogP contribution >= 0.6 is 0 Å². The smallest absolute Gasteiger partial charge is 0.343 e. The van der Waals surface area contributed by atoms with Crippen molar-refractivity contribution in [2.45, 2.75) is 6.18 Å². The molecule has 0 radical (unpaired) electrons. The molecule has 7 heteroatoms. The minimum Gasteiger partial charge on any atom is -0.343 e. The Kier molecular flexibility index (Phi) is 1.34. The lowest BCUT2D eigenvalue weighted by atomic mass is 10.6. The highest BCUT2D eigenvalue weighted by atomic mass is 19.4. The van der Waals surface area contributed by atoms with Gasteiger partial charge in [-0.25, -0.2) is 0 Å². The van der Waals surface area contributed by atoms with Crippen LogP contribution in [-0.4, -0.2) is 10.2 Å². The van der Waals surface area contributed by atoms with Crippen molar-refractivity contribution in [3.05, 3.63) is 11.9 Å². The lowest BCUT2D eigenvalue weighted by molar-refractivity contribution is -0.145. The molecule has 0 aromatic carbocycles. The molecule has 3 nitrogen and oxygen atoms in total. The van der Waals surface area contributed by atoms with Crippen molar-refractivity contribution in [2.75, 3.05) is 0 Å². The van der Waals surface area contributed by atoms with Crippen LogP contribution in [0.15, 0.2) is 0 Å². The highest BCUT2D eigenvalue weighted by molar-refractivity contribution is 4.85. The van der Waals surface area contributed by atoms with E-state index in [1.165, 1.54) is 0 Å². The second-order valence-corrected chi connectivity index (χ2v) is 1.40. The van der Waals surface area contributed by atoms with Crippen molar-refractivity contribution in [3.8, 4) is 0 Å². The molecular formula is C3F4N3-. The van der Waals surface area contributed by atoms with Crippen LogP contribution < -0.4 is 4.98 Å². The van der Waals surface area contributed by atoms with Gasteiger partial charge in [-0.1, -0.05) is 0 Å². The number of alkyl halides is 3. The largest absolute Gasteiger partial charge is 0.421 e. The van der Waals surface area contributed by atoms with Crippen LogP contribution in [0.5, 0.6) is 0 Å². The van der Waals surface area contributed by atoms with Gasteiger partial charge in [0.1, 0.15) is 0 Å². The lowest BCUT2D eigenvalue weighted by Crippen LogP contribution is -2.08. The van der Waals surface area contributed by atoms with Crippen molar-refractivity contribution < 1.29 is 17.6 Å². The summed E-state index contributed by atoms with van der Waals surface area (Å²) in [5, 5.41) is 4.86. The minimum atomic E-state index is -4.71. The van der Waals surface area contributed by atoms with Gasteiger partial charge in [0.15, 0.2) is 6.08 Å². The summed E-state index contributed by atoms with van der Waals surface area (Å²) < 4.78 is 46.1. The molecule has 0 saturated heterocycles. The Morgan fingerprint density at radius 2 is 1.80 bits per heavy atom. The number of aromatic nitrogens is 3. The Labute approximate surface area is 52.1 Å². The van der Waals surface area contributed by atoms with E-state index < -0.39 is 18.1 Å². The number of hydrogen-bond donors (Lipinski definition) is 0. The van der Waals surface area contributed by atoms with E-state index in [0.717, 1.165) is 0 Å². The molecule has 0 spiro atoms. The molecule has 1 heterocycles. The second-order valence-electron chi connectivity index (χ2n) is 1.40. The van der Waals surface area contributed by atoms with E-state index >= 15 is 0 Å². The van der Waals surface area contributed by atoms with Gasteiger partial charge in [-0.15, -0.1) is 0 Å². The summed E-state index contributed by atoms with van der Waals surface area (Å²) in [7, 11) is 0. The van der Waals surface area contributed by atoms with Gasteiger partial charge in [-0.05, 0) is 0 Å². The van der Waals surface area contributed by atoms with Crippen LogP contribution in [0.1, 0.15) is 5.82 Å². The summed E-state index contributed by atoms with van der Waals surface area (Å²) in [5.74, 6) is -1.55. The van der Waals surface area contributed by atoms with E-state index in [2.05, 4.69) is 15.2 Å². The van der Waals surface area contributed by atoms with Crippen molar-refractivity contribution in [2.24, 2.45) is 0 Å². The average molecular weight is 154 g/mol. The van der Waals surface area contributed by atoms with Crippen molar-refractivity contribution >= 4 is 0 Å². The first-order chi connectivity index (χ1) is 4.50. The zero-order chi connectivity index (χ0) is 7.78. The Morgan fingerprint density at radius 1 is 1.20 bits per heavy atom. The molecule has 0 fully saturated rings. The standard InChI is InChI=1S/C3F4N3/c4-2-8-1(9-10-2)3(5,6)7/q-1. The van der Waals surface area contributed by atoms with E-state index in [4.69, 9.17) is 0 Å². The predicted molar refractivity (Wildman–Crippen MR) is 20.3 cm³/mol. The Hall–Kier alpha value is -1.14. The Morgan fingerprint density at radius 3 is 2.00 bits per heavy atom. The molecule has 0 bridgehead atoms. The summed E-state index contributed by atoms with van der Waals surface area (Å²) in [6.45, 7) is 0. The quantitative estimate of drug-likeness (QED) is 0.513. The normalized spacial score (nSPS) is 12.0.